The molecule has 0 aromatic heterocycles. The molecule has 1 heterocycles. The molecule has 0 amide bonds. The average molecular weight is 402 g/mol. The van der Waals surface area contributed by atoms with Gasteiger partial charge in [-0.05, 0) is 31.1 Å². The number of sulfonamides is 1. The Bertz CT molecular complexity index is 539. The number of halogens is 1. The third-order valence-corrected chi connectivity index (χ3v) is 9.59. The predicted octanol–water partition coefficient (Wildman–Crippen LogP) is 1.83. The van der Waals surface area contributed by atoms with Gasteiger partial charge in [-0.15, -0.1) is 0 Å². The van der Waals surface area contributed by atoms with Crippen molar-refractivity contribution in [3.05, 3.63) is 0 Å². The molecule has 0 aromatic carbocycles. The van der Waals surface area contributed by atoms with Gasteiger partial charge in [0.25, 0.3) is 0 Å². The van der Waals surface area contributed by atoms with E-state index in [2.05, 4.69) is 20.7 Å². The van der Waals surface area contributed by atoms with Crippen molar-refractivity contribution in [1.29, 1.82) is 0 Å². The van der Waals surface area contributed by atoms with E-state index in [-0.39, 0.29) is 29.8 Å². The molecule has 1 saturated carbocycles. The minimum atomic E-state index is -3.42. The average Bonchev–Trinajstić information content (AvgIpc) is 2.46. The SMILES string of the molecule is O=S1(=O)CCC(S(=O)(=O)NCC2(CBr)CCCCC2)CC1. The van der Waals surface area contributed by atoms with E-state index in [1.165, 1.54) is 6.42 Å². The number of hydrogen-bond donors (Lipinski definition) is 1. The van der Waals surface area contributed by atoms with Crippen molar-refractivity contribution in [2.24, 2.45) is 5.41 Å². The first-order valence-corrected chi connectivity index (χ1v) is 12.0. The Balaban J connectivity index is 1.95. The monoisotopic (exact) mass is 401 g/mol. The van der Waals surface area contributed by atoms with Crippen molar-refractivity contribution in [3.8, 4) is 0 Å². The first-order valence-electron chi connectivity index (χ1n) is 7.54. The lowest BCUT2D eigenvalue weighted by Crippen LogP contribution is -2.45. The summed E-state index contributed by atoms with van der Waals surface area (Å²) in [5.41, 5.74) is 0.0199. The fraction of sp³-hybridized carbons (Fsp3) is 1.00. The lowest BCUT2D eigenvalue weighted by atomic mass is 9.76. The van der Waals surface area contributed by atoms with Crippen LogP contribution in [0.3, 0.4) is 0 Å². The lowest BCUT2D eigenvalue weighted by molar-refractivity contribution is 0.227. The van der Waals surface area contributed by atoms with E-state index in [1.807, 2.05) is 0 Å². The maximum Gasteiger partial charge on any atom is 0.214 e. The van der Waals surface area contributed by atoms with E-state index >= 15 is 0 Å². The second-order valence-corrected chi connectivity index (χ2v) is 11.3. The topological polar surface area (TPSA) is 80.3 Å². The number of hydrogen-bond acceptors (Lipinski definition) is 4. The van der Waals surface area contributed by atoms with Crippen LogP contribution >= 0.6 is 15.9 Å². The van der Waals surface area contributed by atoms with Gasteiger partial charge in [0.2, 0.25) is 10.0 Å². The summed E-state index contributed by atoms with van der Waals surface area (Å²) in [7, 11) is -6.44. The fourth-order valence-corrected chi connectivity index (χ4v) is 7.36. The Labute approximate surface area is 136 Å². The lowest BCUT2D eigenvalue weighted by Gasteiger charge is -2.36. The van der Waals surface area contributed by atoms with Crippen molar-refractivity contribution in [1.82, 2.24) is 4.72 Å². The second-order valence-electron chi connectivity index (χ2n) is 6.41. The number of sulfone groups is 1. The van der Waals surface area contributed by atoms with Crippen LogP contribution in [0, 0.1) is 5.41 Å². The molecule has 0 bridgehead atoms. The molecule has 2 fully saturated rings. The highest BCUT2D eigenvalue weighted by Gasteiger charge is 2.36. The summed E-state index contributed by atoms with van der Waals surface area (Å²) in [4.78, 5) is 0. The molecule has 8 heteroatoms. The number of alkyl halides is 1. The summed E-state index contributed by atoms with van der Waals surface area (Å²) >= 11 is 3.53. The van der Waals surface area contributed by atoms with Crippen LogP contribution in [0.25, 0.3) is 0 Å². The summed E-state index contributed by atoms with van der Waals surface area (Å²) in [6, 6.07) is 0. The molecule has 2 rings (SSSR count). The minimum Gasteiger partial charge on any atom is -0.229 e. The molecule has 1 saturated heterocycles. The van der Waals surface area contributed by atoms with E-state index in [0.717, 1.165) is 31.0 Å². The van der Waals surface area contributed by atoms with Crippen LogP contribution in [-0.2, 0) is 19.9 Å². The van der Waals surface area contributed by atoms with Crippen molar-refractivity contribution < 1.29 is 16.8 Å². The molecule has 5 nitrogen and oxygen atoms in total. The molecule has 1 aliphatic heterocycles. The molecule has 0 spiro atoms. The van der Waals surface area contributed by atoms with Crippen molar-refractivity contribution >= 4 is 35.8 Å². The summed E-state index contributed by atoms with van der Waals surface area (Å²) in [5.74, 6) is -0.0235. The maximum atomic E-state index is 12.4. The van der Waals surface area contributed by atoms with Gasteiger partial charge in [-0.1, -0.05) is 35.2 Å². The van der Waals surface area contributed by atoms with Gasteiger partial charge in [-0.25, -0.2) is 21.6 Å². The highest BCUT2D eigenvalue weighted by Crippen LogP contribution is 2.37. The van der Waals surface area contributed by atoms with Crippen molar-refractivity contribution in [2.45, 2.75) is 50.2 Å². The van der Waals surface area contributed by atoms with E-state index in [0.29, 0.717) is 6.54 Å². The Hall–Kier alpha value is 0.340. The van der Waals surface area contributed by atoms with E-state index < -0.39 is 25.1 Å². The van der Waals surface area contributed by atoms with Crippen LogP contribution in [0.4, 0.5) is 0 Å². The van der Waals surface area contributed by atoms with Gasteiger partial charge in [0.1, 0.15) is 9.84 Å². The van der Waals surface area contributed by atoms with Gasteiger partial charge < -0.3 is 0 Å². The summed E-state index contributed by atoms with van der Waals surface area (Å²) < 4.78 is 50.3. The number of rotatable bonds is 5. The van der Waals surface area contributed by atoms with Crippen molar-refractivity contribution in [2.75, 3.05) is 23.4 Å². The number of nitrogens with one attached hydrogen (secondary N) is 1. The second kappa shape index (κ2) is 6.84. The third-order valence-electron chi connectivity index (χ3n) is 4.79. The minimum absolute atomic E-state index is 0.0117. The first-order chi connectivity index (χ1) is 9.79. The van der Waals surface area contributed by atoms with Crippen LogP contribution in [0.1, 0.15) is 44.9 Å². The normalized spacial score (nSPS) is 26.5. The molecular formula is C13H24BrNO4S2. The Morgan fingerprint density at radius 3 is 2.19 bits per heavy atom. The fourth-order valence-electron chi connectivity index (χ4n) is 3.21. The van der Waals surface area contributed by atoms with Gasteiger partial charge in [0, 0.05) is 11.9 Å². The van der Waals surface area contributed by atoms with E-state index in [9.17, 15) is 16.8 Å². The molecule has 124 valence electrons. The van der Waals surface area contributed by atoms with Crippen molar-refractivity contribution in [3.63, 3.8) is 0 Å². The maximum absolute atomic E-state index is 12.4. The zero-order valence-electron chi connectivity index (χ0n) is 12.2. The van der Waals surface area contributed by atoms with Crippen LogP contribution < -0.4 is 4.72 Å². The molecule has 0 atom stereocenters. The van der Waals surface area contributed by atoms with Crippen LogP contribution in [-0.4, -0.2) is 45.5 Å². The predicted molar refractivity (Wildman–Crippen MR) is 87.9 cm³/mol. The molecular weight excluding hydrogens is 378 g/mol. The zero-order chi connectivity index (χ0) is 15.6. The zero-order valence-corrected chi connectivity index (χ0v) is 15.4. The van der Waals surface area contributed by atoms with Gasteiger partial charge in [-0.2, -0.15) is 0 Å². The molecule has 1 N–H and O–H groups in total. The summed E-state index contributed by atoms with van der Waals surface area (Å²) in [6.45, 7) is 0.462. The molecule has 0 aromatic rings. The Morgan fingerprint density at radius 2 is 1.67 bits per heavy atom. The Kier molecular flexibility index (Phi) is 5.77. The van der Waals surface area contributed by atoms with E-state index in [4.69, 9.17) is 0 Å². The standard InChI is InChI=1S/C13H24BrNO4S2/c14-10-13(6-2-1-3-7-13)11-15-21(18,19)12-4-8-20(16,17)9-5-12/h12,15H,1-11H2. The quantitative estimate of drug-likeness (QED) is 0.712. The van der Waals surface area contributed by atoms with Gasteiger partial charge in [-0.3, -0.25) is 0 Å². The molecule has 21 heavy (non-hydrogen) atoms. The first kappa shape index (κ1) is 17.7. The van der Waals surface area contributed by atoms with Crippen LogP contribution in [0.5, 0.6) is 0 Å². The summed E-state index contributed by atoms with van der Waals surface area (Å²) in [6.07, 6.45) is 6.05. The third kappa shape index (κ3) is 4.65. The highest BCUT2D eigenvalue weighted by molar-refractivity contribution is 9.09. The largest absolute Gasteiger partial charge is 0.229 e. The molecule has 0 unspecified atom stereocenters. The smallest absolute Gasteiger partial charge is 0.214 e. The van der Waals surface area contributed by atoms with E-state index in [1.54, 1.807) is 0 Å². The highest BCUT2D eigenvalue weighted by atomic mass is 79.9. The molecule has 2 aliphatic rings. The van der Waals surface area contributed by atoms with Gasteiger partial charge >= 0.3 is 0 Å². The van der Waals surface area contributed by atoms with Crippen LogP contribution in [0.15, 0.2) is 0 Å². The molecule has 0 radical (unpaired) electrons. The summed E-state index contributed by atoms with van der Waals surface area (Å²) in [5, 5.41) is 0.249. The Morgan fingerprint density at radius 1 is 1.10 bits per heavy atom. The van der Waals surface area contributed by atoms with Gasteiger partial charge in [0.15, 0.2) is 0 Å². The van der Waals surface area contributed by atoms with Gasteiger partial charge in [0.05, 0.1) is 16.8 Å². The van der Waals surface area contributed by atoms with Crippen LogP contribution in [0.2, 0.25) is 0 Å². The molecule has 1 aliphatic carbocycles.